The number of fused-ring (bicyclic) bond motifs is 1. The minimum absolute atomic E-state index is 0.188. The molecule has 0 atom stereocenters. The molecule has 2 heterocycles. The predicted octanol–water partition coefficient (Wildman–Crippen LogP) is 5.02. The lowest BCUT2D eigenvalue weighted by Crippen LogP contribution is -2.08. The van der Waals surface area contributed by atoms with Gasteiger partial charge in [0, 0.05) is 28.8 Å². The van der Waals surface area contributed by atoms with Gasteiger partial charge in [-0.1, -0.05) is 48.5 Å². The SMILES string of the molecule is O=C(O)Cn1cc2ccc(OCc3nc(-c4ccccc4)oc3-c3ccccc3)cc2n1. The highest BCUT2D eigenvalue weighted by molar-refractivity contribution is 5.80. The summed E-state index contributed by atoms with van der Waals surface area (Å²) in [7, 11) is 0. The molecule has 0 bridgehead atoms. The minimum atomic E-state index is -0.942. The van der Waals surface area contributed by atoms with E-state index in [-0.39, 0.29) is 13.2 Å². The van der Waals surface area contributed by atoms with Crippen molar-refractivity contribution in [2.24, 2.45) is 0 Å². The number of nitrogens with zero attached hydrogens (tertiary/aromatic N) is 3. The number of ether oxygens (including phenoxy) is 1. The third-order valence-electron chi connectivity index (χ3n) is 4.95. The van der Waals surface area contributed by atoms with Crippen LogP contribution in [0.25, 0.3) is 33.7 Å². The molecule has 7 nitrogen and oxygen atoms in total. The number of carbonyl (C=O) groups is 1. The second-order valence-corrected chi connectivity index (χ2v) is 7.26. The summed E-state index contributed by atoms with van der Waals surface area (Å²) in [6, 6.07) is 25.0. The monoisotopic (exact) mass is 425 g/mol. The van der Waals surface area contributed by atoms with E-state index < -0.39 is 5.97 Å². The van der Waals surface area contributed by atoms with E-state index in [1.807, 2.05) is 72.8 Å². The van der Waals surface area contributed by atoms with Crippen molar-refractivity contribution in [2.75, 3.05) is 0 Å². The Morgan fingerprint density at radius 2 is 1.69 bits per heavy atom. The van der Waals surface area contributed by atoms with Crippen molar-refractivity contribution >= 4 is 16.9 Å². The molecule has 32 heavy (non-hydrogen) atoms. The summed E-state index contributed by atoms with van der Waals surface area (Å²) in [6.07, 6.45) is 1.70. The molecular weight excluding hydrogens is 406 g/mol. The van der Waals surface area contributed by atoms with E-state index >= 15 is 0 Å². The van der Waals surface area contributed by atoms with Gasteiger partial charge in [0.15, 0.2) is 5.76 Å². The Bertz CT molecular complexity index is 1370. The Hall–Kier alpha value is -4.39. The number of oxazole rings is 1. The van der Waals surface area contributed by atoms with Crippen molar-refractivity contribution in [1.29, 1.82) is 0 Å². The lowest BCUT2D eigenvalue weighted by Gasteiger charge is -2.05. The Morgan fingerprint density at radius 1 is 0.969 bits per heavy atom. The number of carboxylic acids is 1. The second-order valence-electron chi connectivity index (χ2n) is 7.26. The average Bonchev–Trinajstić information content (AvgIpc) is 3.41. The second kappa shape index (κ2) is 8.39. The van der Waals surface area contributed by atoms with Crippen LogP contribution in [0.4, 0.5) is 0 Å². The molecule has 0 fully saturated rings. The highest BCUT2D eigenvalue weighted by Gasteiger charge is 2.17. The Morgan fingerprint density at radius 3 is 2.41 bits per heavy atom. The quantitative estimate of drug-likeness (QED) is 0.394. The van der Waals surface area contributed by atoms with E-state index in [2.05, 4.69) is 5.10 Å². The molecule has 7 heteroatoms. The maximum absolute atomic E-state index is 10.9. The molecule has 0 unspecified atom stereocenters. The number of benzene rings is 3. The van der Waals surface area contributed by atoms with Gasteiger partial charge < -0.3 is 14.3 Å². The van der Waals surface area contributed by atoms with Gasteiger partial charge >= 0.3 is 5.97 Å². The van der Waals surface area contributed by atoms with E-state index in [0.29, 0.717) is 28.6 Å². The van der Waals surface area contributed by atoms with Crippen LogP contribution in [0.5, 0.6) is 5.75 Å². The van der Waals surface area contributed by atoms with Gasteiger partial charge in [0.25, 0.3) is 0 Å². The smallest absolute Gasteiger partial charge is 0.325 e. The van der Waals surface area contributed by atoms with Gasteiger partial charge in [-0.25, -0.2) is 4.98 Å². The van der Waals surface area contributed by atoms with Crippen molar-refractivity contribution in [3.8, 4) is 28.5 Å². The molecule has 0 aliphatic rings. The Labute approximate surface area is 183 Å². The Balaban J connectivity index is 1.43. The molecule has 2 aromatic heterocycles. The fourth-order valence-corrected chi connectivity index (χ4v) is 3.48. The van der Waals surface area contributed by atoms with Crippen molar-refractivity contribution < 1.29 is 19.1 Å². The van der Waals surface area contributed by atoms with Gasteiger partial charge in [0.1, 0.15) is 24.6 Å². The standard InChI is InChI=1S/C25H19N3O4/c29-23(30)15-28-14-19-11-12-20(13-21(19)27-28)31-16-22-24(17-7-3-1-4-8-17)32-25(26-22)18-9-5-2-6-10-18/h1-14H,15-16H2,(H,29,30). The van der Waals surface area contributed by atoms with Gasteiger partial charge in [-0.3, -0.25) is 9.48 Å². The zero-order chi connectivity index (χ0) is 21.9. The molecule has 3 aromatic carbocycles. The molecule has 0 aliphatic heterocycles. The highest BCUT2D eigenvalue weighted by Crippen LogP contribution is 2.31. The molecule has 0 saturated heterocycles. The first kappa shape index (κ1) is 19.6. The minimum Gasteiger partial charge on any atom is -0.487 e. The number of rotatable bonds is 7. The van der Waals surface area contributed by atoms with Crippen LogP contribution in [0.15, 0.2) is 89.5 Å². The van der Waals surface area contributed by atoms with Crippen molar-refractivity contribution in [1.82, 2.24) is 14.8 Å². The summed E-state index contributed by atoms with van der Waals surface area (Å²) < 4.78 is 13.5. The average molecular weight is 425 g/mol. The van der Waals surface area contributed by atoms with E-state index in [0.717, 1.165) is 16.5 Å². The third-order valence-corrected chi connectivity index (χ3v) is 4.95. The molecule has 0 saturated carbocycles. The van der Waals surface area contributed by atoms with Crippen LogP contribution in [0, 0.1) is 0 Å². The summed E-state index contributed by atoms with van der Waals surface area (Å²) in [4.78, 5) is 15.6. The normalized spacial score (nSPS) is 11.0. The molecule has 5 aromatic rings. The van der Waals surface area contributed by atoms with Crippen molar-refractivity contribution in [3.05, 3.63) is 90.8 Å². The predicted molar refractivity (Wildman–Crippen MR) is 119 cm³/mol. The number of hydrogen-bond acceptors (Lipinski definition) is 5. The van der Waals surface area contributed by atoms with Crippen LogP contribution in [0.1, 0.15) is 5.69 Å². The van der Waals surface area contributed by atoms with Gasteiger partial charge in [0.2, 0.25) is 5.89 Å². The van der Waals surface area contributed by atoms with E-state index in [1.165, 1.54) is 4.68 Å². The molecule has 0 amide bonds. The zero-order valence-electron chi connectivity index (χ0n) is 17.0. The largest absolute Gasteiger partial charge is 0.487 e. The molecule has 158 valence electrons. The molecule has 0 spiro atoms. The van der Waals surface area contributed by atoms with Crippen molar-refractivity contribution in [3.63, 3.8) is 0 Å². The van der Waals surface area contributed by atoms with E-state index in [9.17, 15) is 4.79 Å². The van der Waals surface area contributed by atoms with Gasteiger partial charge in [-0.05, 0) is 24.3 Å². The topological polar surface area (TPSA) is 90.4 Å². The first-order chi connectivity index (χ1) is 15.7. The molecule has 0 radical (unpaired) electrons. The maximum atomic E-state index is 10.9. The lowest BCUT2D eigenvalue weighted by molar-refractivity contribution is -0.137. The van der Waals surface area contributed by atoms with E-state index in [4.69, 9.17) is 19.2 Å². The Kier molecular flexibility index (Phi) is 5.13. The van der Waals surface area contributed by atoms with Crippen LogP contribution in [-0.2, 0) is 17.9 Å². The third kappa shape index (κ3) is 4.09. The lowest BCUT2D eigenvalue weighted by atomic mass is 10.1. The van der Waals surface area contributed by atoms with Gasteiger partial charge in [0.05, 0.1) is 5.52 Å². The fraction of sp³-hybridized carbons (Fsp3) is 0.0800. The summed E-state index contributed by atoms with van der Waals surface area (Å²) >= 11 is 0. The number of carboxylic acid groups (broad SMARTS) is 1. The van der Waals surface area contributed by atoms with Crippen LogP contribution in [0.2, 0.25) is 0 Å². The summed E-state index contributed by atoms with van der Waals surface area (Å²) in [6.45, 7) is 0.0222. The number of aliphatic carboxylic acids is 1. The molecule has 5 rings (SSSR count). The van der Waals surface area contributed by atoms with Crippen LogP contribution >= 0.6 is 0 Å². The van der Waals surface area contributed by atoms with Crippen LogP contribution in [0.3, 0.4) is 0 Å². The molecule has 0 aliphatic carbocycles. The zero-order valence-corrected chi connectivity index (χ0v) is 17.0. The van der Waals surface area contributed by atoms with E-state index in [1.54, 1.807) is 12.3 Å². The number of aromatic nitrogens is 3. The van der Waals surface area contributed by atoms with Gasteiger partial charge in [-0.15, -0.1) is 0 Å². The highest BCUT2D eigenvalue weighted by atomic mass is 16.5. The maximum Gasteiger partial charge on any atom is 0.325 e. The molecular formula is C25H19N3O4. The summed E-state index contributed by atoms with van der Waals surface area (Å²) in [5.41, 5.74) is 3.16. The first-order valence-electron chi connectivity index (χ1n) is 10.1. The summed E-state index contributed by atoms with van der Waals surface area (Å²) in [5.74, 6) is 0.867. The van der Waals surface area contributed by atoms with Crippen LogP contribution < -0.4 is 4.74 Å². The van der Waals surface area contributed by atoms with Gasteiger partial charge in [-0.2, -0.15) is 5.10 Å². The summed E-state index contributed by atoms with van der Waals surface area (Å²) in [5, 5.41) is 14.1. The fourth-order valence-electron chi connectivity index (χ4n) is 3.48. The molecule has 1 N–H and O–H groups in total. The van der Waals surface area contributed by atoms with Crippen LogP contribution in [-0.4, -0.2) is 25.8 Å². The number of hydrogen-bond donors (Lipinski definition) is 1. The first-order valence-corrected chi connectivity index (χ1v) is 10.1. The van der Waals surface area contributed by atoms with Crippen molar-refractivity contribution in [2.45, 2.75) is 13.2 Å².